The molecule has 2 unspecified atom stereocenters. The van der Waals surface area contributed by atoms with Crippen LogP contribution in [0.2, 0.25) is 0 Å². The van der Waals surface area contributed by atoms with E-state index in [-0.39, 0.29) is 11.8 Å². The van der Waals surface area contributed by atoms with Crippen molar-refractivity contribution < 1.29 is 9.90 Å². The first-order chi connectivity index (χ1) is 7.16. The Morgan fingerprint density at radius 1 is 1.67 bits per heavy atom. The Hall–Kier alpha value is -1.36. The van der Waals surface area contributed by atoms with Gasteiger partial charge < -0.3 is 10.4 Å². The van der Waals surface area contributed by atoms with Crippen molar-refractivity contribution in [2.75, 3.05) is 13.1 Å². The first-order valence-electron chi connectivity index (χ1n) is 5.09. The van der Waals surface area contributed by atoms with E-state index < -0.39 is 5.97 Å². The summed E-state index contributed by atoms with van der Waals surface area (Å²) >= 11 is 0. The minimum absolute atomic E-state index is 0.272. The van der Waals surface area contributed by atoms with Crippen molar-refractivity contribution >= 4 is 5.97 Å². The van der Waals surface area contributed by atoms with Crippen LogP contribution in [0.25, 0.3) is 0 Å². The number of hydrogen-bond donors (Lipinski definition) is 2. The van der Waals surface area contributed by atoms with E-state index in [1.807, 2.05) is 19.4 Å². The summed E-state index contributed by atoms with van der Waals surface area (Å²) in [5, 5.41) is 16.2. The van der Waals surface area contributed by atoms with E-state index in [4.69, 9.17) is 5.11 Å². The van der Waals surface area contributed by atoms with Crippen molar-refractivity contribution in [3.05, 3.63) is 18.0 Å². The zero-order valence-electron chi connectivity index (χ0n) is 8.68. The third-order valence-corrected chi connectivity index (χ3v) is 2.90. The van der Waals surface area contributed by atoms with Gasteiger partial charge in [0.25, 0.3) is 0 Å². The second kappa shape index (κ2) is 4.02. The largest absolute Gasteiger partial charge is 0.481 e. The van der Waals surface area contributed by atoms with E-state index >= 15 is 0 Å². The van der Waals surface area contributed by atoms with E-state index in [0.29, 0.717) is 13.0 Å². The molecule has 2 atom stereocenters. The van der Waals surface area contributed by atoms with Crippen molar-refractivity contribution in [3.8, 4) is 0 Å². The predicted molar refractivity (Wildman–Crippen MR) is 54.6 cm³/mol. The Morgan fingerprint density at radius 2 is 2.47 bits per heavy atom. The molecule has 1 aliphatic heterocycles. The molecule has 82 valence electrons. The van der Waals surface area contributed by atoms with Crippen molar-refractivity contribution in [1.29, 1.82) is 0 Å². The SMILES string of the molecule is Cn1cc(C2CNCC(C(=O)O)C2)cn1. The topological polar surface area (TPSA) is 67.2 Å². The minimum Gasteiger partial charge on any atom is -0.481 e. The maximum atomic E-state index is 10.9. The lowest BCUT2D eigenvalue weighted by molar-refractivity contribution is -0.142. The summed E-state index contributed by atoms with van der Waals surface area (Å²) in [6, 6.07) is 0. The van der Waals surface area contributed by atoms with E-state index in [1.165, 1.54) is 0 Å². The molecule has 5 heteroatoms. The van der Waals surface area contributed by atoms with Crippen LogP contribution in [-0.4, -0.2) is 33.9 Å². The molecule has 1 aromatic rings. The number of carboxylic acid groups (broad SMARTS) is 1. The Kier molecular flexibility index (Phi) is 2.73. The smallest absolute Gasteiger partial charge is 0.307 e. The first kappa shape index (κ1) is 10.2. The van der Waals surface area contributed by atoms with Crippen LogP contribution >= 0.6 is 0 Å². The minimum atomic E-state index is -0.712. The molecule has 0 saturated carbocycles. The van der Waals surface area contributed by atoms with Crippen LogP contribution in [-0.2, 0) is 11.8 Å². The zero-order valence-corrected chi connectivity index (χ0v) is 8.68. The first-order valence-corrected chi connectivity index (χ1v) is 5.09. The van der Waals surface area contributed by atoms with Crippen LogP contribution in [0.5, 0.6) is 0 Å². The fourth-order valence-electron chi connectivity index (χ4n) is 2.03. The second-order valence-electron chi connectivity index (χ2n) is 4.07. The fraction of sp³-hybridized carbons (Fsp3) is 0.600. The van der Waals surface area contributed by atoms with E-state index in [1.54, 1.807) is 4.68 Å². The Labute approximate surface area is 88.1 Å². The Bertz CT molecular complexity index is 361. The van der Waals surface area contributed by atoms with Gasteiger partial charge in [0, 0.05) is 32.3 Å². The molecule has 1 aliphatic rings. The maximum Gasteiger partial charge on any atom is 0.307 e. The standard InChI is InChI=1S/C10H15N3O2/c1-13-6-9(5-12-13)7-2-8(10(14)15)4-11-3-7/h5-8,11H,2-4H2,1H3,(H,14,15). The Morgan fingerprint density at radius 3 is 3.07 bits per heavy atom. The van der Waals surface area contributed by atoms with Gasteiger partial charge in [-0.3, -0.25) is 9.48 Å². The molecule has 0 radical (unpaired) electrons. The fourth-order valence-corrected chi connectivity index (χ4v) is 2.03. The summed E-state index contributed by atoms with van der Waals surface area (Å²) in [5.41, 5.74) is 1.12. The third-order valence-electron chi connectivity index (χ3n) is 2.90. The molecule has 0 amide bonds. The summed E-state index contributed by atoms with van der Waals surface area (Å²) in [7, 11) is 1.87. The average molecular weight is 209 g/mol. The number of aliphatic carboxylic acids is 1. The molecule has 1 saturated heterocycles. The molecular formula is C10H15N3O2. The lowest BCUT2D eigenvalue weighted by atomic mass is 9.87. The second-order valence-corrected chi connectivity index (χ2v) is 4.07. The highest BCUT2D eigenvalue weighted by atomic mass is 16.4. The van der Waals surface area contributed by atoms with Gasteiger partial charge in [0.2, 0.25) is 0 Å². The van der Waals surface area contributed by atoms with Gasteiger partial charge in [0.1, 0.15) is 0 Å². The molecule has 0 aliphatic carbocycles. The van der Waals surface area contributed by atoms with Crippen LogP contribution < -0.4 is 5.32 Å². The van der Waals surface area contributed by atoms with Crippen molar-refractivity contribution in [2.24, 2.45) is 13.0 Å². The highest BCUT2D eigenvalue weighted by Crippen LogP contribution is 2.25. The zero-order chi connectivity index (χ0) is 10.8. The summed E-state index contributed by atoms with van der Waals surface area (Å²) < 4.78 is 1.75. The van der Waals surface area contributed by atoms with Crippen LogP contribution in [0.1, 0.15) is 17.9 Å². The van der Waals surface area contributed by atoms with Crippen LogP contribution in [0.4, 0.5) is 0 Å². The van der Waals surface area contributed by atoms with Crippen molar-refractivity contribution in [3.63, 3.8) is 0 Å². The number of nitrogens with one attached hydrogen (secondary N) is 1. The molecule has 15 heavy (non-hydrogen) atoms. The maximum absolute atomic E-state index is 10.9. The van der Waals surface area contributed by atoms with Crippen molar-refractivity contribution in [1.82, 2.24) is 15.1 Å². The van der Waals surface area contributed by atoms with Crippen LogP contribution in [0, 0.1) is 5.92 Å². The van der Waals surface area contributed by atoms with Gasteiger partial charge in [-0.25, -0.2) is 0 Å². The number of aryl methyl sites for hydroxylation is 1. The molecule has 2 heterocycles. The summed E-state index contributed by atoms with van der Waals surface area (Å²) in [4.78, 5) is 10.9. The summed E-state index contributed by atoms with van der Waals surface area (Å²) in [6.45, 7) is 1.42. The number of aromatic nitrogens is 2. The van der Waals surface area contributed by atoms with Crippen LogP contribution in [0.15, 0.2) is 12.4 Å². The number of piperidine rings is 1. The number of nitrogens with zero attached hydrogens (tertiary/aromatic N) is 2. The highest BCUT2D eigenvalue weighted by Gasteiger charge is 2.28. The van der Waals surface area contributed by atoms with Crippen LogP contribution in [0.3, 0.4) is 0 Å². The number of rotatable bonds is 2. The third kappa shape index (κ3) is 2.18. The van der Waals surface area contributed by atoms with E-state index in [0.717, 1.165) is 12.1 Å². The summed E-state index contributed by atoms with van der Waals surface area (Å²) in [5.74, 6) is -0.714. The summed E-state index contributed by atoms with van der Waals surface area (Å²) in [6.07, 6.45) is 4.47. The van der Waals surface area contributed by atoms with Crippen molar-refractivity contribution in [2.45, 2.75) is 12.3 Å². The molecule has 1 aromatic heterocycles. The van der Waals surface area contributed by atoms with Gasteiger partial charge in [-0.05, 0) is 12.0 Å². The van der Waals surface area contributed by atoms with E-state index in [2.05, 4.69) is 10.4 Å². The lowest BCUT2D eigenvalue weighted by Gasteiger charge is -2.26. The molecule has 0 bridgehead atoms. The quantitative estimate of drug-likeness (QED) is 0.730. The normalized spacial score (nSPS) is 26.5. The van der Waals surface area contributed by atoms with Gasteiger partial charge in [0.15, 0.2) is 0 Å². The van der Waals surface area contributed by atoms with Gasteiger partial charge >= 0.3 is 5.97 Å². The number of hydrogen-bond acceptors (Lipinski definition) is 3. The van der Waals surface area contributed by atoms with Gasteiger partial charge in [-0.2, -0.15) is 5.10 Å². The van der Waals surface area contributed by atoms with Gasteiger partial charge in [0.05, 0.1) is 12.1 Å². The Balaban J connectivity index is 2.07. The molecule has 2 N–H and O–H groups in total. The monoisotopic (exact) mass is 209 g/mol. The predicted octanol–water partition coefficient (Wildman–Crippen LogP) is 0.198. The molecular weight excluding hydrogens is 194 g/mol. The van der Waals surface area contributed by atoms with E-state index in [9.17, 15) is 4.79 Å². The average Bonchev–Trinajstić information content (AvgIpc) is 2.65. The highest BCUT2D eigenvalue weighted by molar-refractivity contribution is 5.70. The number of carboxylic acids is 1. The van der Waals surface area contributed by atoms with Gasteiger partial charge in [-0.1, -0.05) is 0 Å². The molecule has 5 nitrogen and oxygen atoms in total. The lowest BCUT2D eigenvalue weighted by Crippen LogP contribution is -2.38. The molecule has 0 spiro atoms. The molecule has 1 fully saturated rings. The molecule has 2 rings (SSSR count). The number of carbonyl (C=O) groups is 1. The van der Waals surface area contributed by atoms with Gasteiger partial charge in [-0.15, -0.1) is 0 Å². The molecule has 0 aromatic carbocycles.